The average Bonchev–Trinajstić information content (AvgIpc) is 2.89. The molecule has 1 aromatic carbocycles. The maximum atomic E-state index is 12.4. The van der Waals surface area contributed by atoms with Crippen LogP contribution in [0.15, 0.2) is 47.8 Å². The number of carbonyl (C=O) groups is 1. The molecule has 0 bridgehead atoms. The molecular weight excluding hydrogens is 273 g/mol. The highest BCUT2D eigenvalue weighted by molar-refractivity contribution is 7.10. The van der Waals surface area contributed by atoms with Crippen molar-refractivity contribution in [2.75, 3.05) is 0 Å². The van der Waals surface area contributed by atoms with Gasteiger partial charge in [-0.15, -0.1) is 11.3 Å². The maximum Gasteiger partial charge on any atom is 0.450 e. The molecule has 5 heteroatoms. The number of ketones is 1. The van der Waals surface area contributed by atoms with Crippen LogP contribution < -0.4 is 0 Å². The summed E-state index contributed by atoms with van der Waals surface area (Å²) in [6.45, 7) is 0. The van der Waals surface area contributed by atoms with Crippen molar-refractivity contribution in [2.24, 2.45) is 0 Å². The van der Waals surface area contributed by atoms with Crippen LogP contribution in [0, 0.1) is 0 Å². The second-order valence-corrected chi connectivity index (χ2v) is 5.08. The summed E-state index contributed by atoms with van der Waals surface area (Å²) in [6.07, 6.45) is -5.32. The largest absolute Gasteiger partial charge is 0.450 e. The monoisotopic (exact) mass is 284 g/mol. The number of hydrogen-bond acceptors (Lipinski definition) is 2. The van der Waals surface area contributed by atoms with Gasteiger partial charge in [-0.1, -0.05) is 36.4 Å². The van der Waals surface area contributed by atoms with Gasteiger partial charge in [0.2, 0.25) is 5.78 Å². The van der Waals surface area contributed by atoms with E-state index in [4.69, 9.17) is 0 Å². The smallest absolute Gasteiger partial charge is 0.290 e. The predicted octanol–water partition coefficient (Wildman–Crippen LogP) is 4.40. The molecule has 0 unspecified atom stereocenters. The fourth-order valence-electron chi connectivity index (χ4n) is 1.86. The van der Waals surface area contributed by atoms with E-state index in [1.165, 1.54) is 11.3 Å². The van der Waals surface area contributed by atoms with E-state index < -0.39 is 24.3 Å². The Morgan fingerprint density at radius 3 is 2.32 bits per heavy atom. The van der Waals surface area contributed by atoms with Crippen LogP contribution in [0.25, 0.3) is 0 Å². The van der Waals surface area contributed by atoms with Crippen LogP contribution in [0.5, 0.6) is 0 Å². The highest BCUT2D eigenvalue weighted by Gasteiger charge is 2.39. The van der Waals surface area contributed by atoms with Crippen molar-refractivity contribution in [3.63, 3.8) is 0 Å². The summed E-state index contributed by atoms with van der Waals surface area (Å²) in [7, 11) is 0. The lowest BCUT2D eigenvalue weighted by atomic mass is 9.92. The fourth-order valence-corrected chi connectivity index (χ4v) is 2.71. The third kappa shape index (κ3) is 3.44. The number of Topliss-reactive ketones (excluding diaryl/α,β-unsaturated/α-hetero) is 1. The Labute approximate surface area is 112 Å². The van der Waals surface area contributed by atoms with Crippen molar-refractivity contribution in [3.05, 3.63) is 58.3 Å². The Bertz CT molecular complexity index is 532. The van der Waals surface area contributed by atoms with Crippen LogP contribution in [0.2, 0.25) is 0 Å². The quantitative estimate of drug-likeness (QED) is 0.813. The maximum absolute atomic E-state index is 12.4. The molecule has 0 saturated heterocycles. The molecule has 0 saturated carbocycles. The minimum Gasteiger partial charge on any atom is -0.290 e. The molecule has 0 radical (unpaired) electrons. The van der Waals surface area contributed by atoms with Crippen LogP contribution >= 0.6 is 11.3 Å². The number of alkyl halides is 3. The zero-order valence-electron chi connectivity index (χ0n) is 9.85. The molecule has 1 heterocycles. The van der Waals surface area contributed by atoms with Gasteiger partial charge in [0, 0.05) is 17.2 Å². The Morgan fingerprint density at radius 1 is 1.11 bits per heavy atom. The van der Waals surface area contributed by atoms with Crippen LogP contribution in [-0.2, 0) is 4.79 Å². The van der Waals surface area contributed by atoms with E-state index in [-0.39, 0.29) is 0 Å². The molecule has 1 aromatic heterocycles. The van der Waals surface area contributed by atoms with E-state index in [1.807, 2.05) is 0 Å². The fraction of sp³-hybridized carbons (Fsp3) is 0.214. The normalized spacial score (nSPS) is 13.2. The third-order valence-electron chi connectivity index (χ3n) is 2.79. The lowest BCUT2D eigenvalue weighted by Crippen LogP contribution is -2.24. The molecule has 0 aliphatic rings. The van der Waals surface area contributed by atoms with E-state index in [2.05, 4.69) is 0 Å². The van der Waals surface area contributed by atoms with Gasteiger partial charge in [0.05, 0.1) is 0 Å². The van der Waals surface area contributed by atoms with Gasteiger partial charge in [-0.3, -0.25) is 4.79 Å². The van der Waals surface area contributed by atoms with E-state index in [1.54, 1.807) is 47.8 Å². The van der Waals surface area contributed by atoms with Gasteiger partial charge in [-0.25, -0.2) is 0 Å². The number of halogens is 3. The second-order valence-electron chi connectivity index (χ2n) is 4.10. The van der Waals surface area contributed by atoms with Gasteiger partial charge in [0.1, 0.15) is 0 Å². The molecule has 0 amide bonds. The molecule has 0 aliphatic carbocycles. The first-order chi connectivity index (χ1) is 8.98. The first kappa shape index (κ1) is 13.8. The van der Waals surface area contributed by atoms with Crippen LogP contribution in [0.3, 0.4) is 0 Å². The Kier molecular flexibility index (Phi) is 4.04. The molecule has 2 rings (SSSR count). The zero-order valence-corrected chi connectivity index (χ0v) is 10.7. The summed E-state index contributed by atoms with van der Waals surface area (Å²) in [6, 6.07) is 12.3. The topological polar surface area (TPSA) is 17.1 Å². The molecule has 1 nitrogen and oxygen atoms in total. The molecule has 100 valence electrons. The van der Waals surface area contributed by atoms with Gasteiger partial charge in [-0.2, -0.15) is 13.2 Å². The first-order valence-corrected chi connectivity index (χ1v) is 6.55. The second kappa shape index (κ2) is 5.57. The highest BCUT2D eigenvalue weighted by atomic mass is 32.1. The van der Waals surface area contributed by atoms with Crippen molar-refractivity contribution < 1.29 is 18.0 Å². The SMILES string of the molecule is O=C(C[C@@H](c1ccccc1)c1cccs1)C(F)(F)F. The lowest BCUT2D eigenvalue weighted by molar-refractivity contribution is -0.171. The zero-order chi connectivity index (χ0) is 13.9. The number of carbonyl (C=O) groups excluding carboxylic acids is 1. The summed E-state index contributed by atoms with van der Waals surface area (Å²) in [5.74, 6) is -2.22. The minimum absolute atomic E-state index is 0.532. The molecule has 2 aromatic rings. The van der Waals surface area contributed by atoms with Gasteiger partial charge in [-0.05, 0) is 17.0 Å². The standard InChI is InChI=1S/C14H11F3OS/c15-14(16,17)13(18)9-11(12-7-4-8-19-12)10-5-2-1-3-6-10/h1-8,11H,9H2/t11-/m0/s1. The number of rotatable bonds is 4. The molecular formula is C14H11F3OS. The summed E-state index contributed by atoms with van der Waals surface area (Å²) < 4.78 is 37.3. The summed E-state index contributed by atoms with van der Waals surface area (Å²) in [4.78, 5) is 12.0. The van der Waals surface area contributed by atoms with Crippen LogP contribution in [0.4, 0.5) is 13.2 Å². The van der Waals surface area contributed by atoms with Crippen molar-refractivity contribution >= 4 is 17.1 Å². The number of benzene rings is 1. The van der Waals surface area contributed by atoms with E-state index in [0.717, 1.165) is 10.4 Å². The summed E-state index contributed by atoms with van der Waals surface area (Å²) in [5.41, 5.74) is 0.725. The molecule has 0 fully saturated rings. The number of thiophene rings is 1. The van der Waals surface area contributed by atoms with Crippen LogP contribution in [0.1, 0.15) is 22.8 Å². The lowest BCUT2D eigenvalue weighted by Gasteiger charge is -2.16. The first-order valence-electron chi connectivity index (χ1n) is 5.67. The number of hydrogen-bond donors (Lipinski definition) is 0. The highest BCUT2D eigenvalue weighted by Crippen LogP contribution is 2.34. The van der Waals surface area contributed by atoms with Crippen LogP contribution in [-0.4, -0.2) is 12.0 Å². The molecule has 0 spiro atoms. The van der Waals surface area contributed by atoms with Gasteiger partial charge in [0.15, 0.2) is 0 Å². The average molecular weight is 284 g/mol. The van der Waals surface area contributed by atoms with Gasteiger partial charge >= 0.3 is 6.18 Å². The summed E-state index contributed by atoms with van der Waals surface area (Å²) in [5, 5.41) is 1.79. The summed E-state index contributed by atoms with van der Waals surface area (Å²) >= 11 is 1.36. The Balaban J connectivity index is 2.29. The van der Waals surface area contributed by atoms with Crippen molar-refractivity contribution in [2.45, 2.75) is 18.5 Å². The van der Waals surface area contributed by atoms with Gasteiger partial charge in [0.25, 0.3) is 0 Å². The van der Waals surface area contributed by atoms with Crippen molar-refractivity contribution in [1.29, 1.82) is 0 Å². The van der Waals surface area contributed by atoms with Crippen molar-refractivity contribution in [3.8, 4) is 0 Å². The van der Waals surface area contributed by atoms with E-state index in [9.17, 15) is 18.0 Å². The third-order valence-corrected chi connectivity index (χ3v) is 3.78. The van der Waals surface area contributed by atoms with E-state index >= 15 is 0 Å². The Morgan fingerprint density at radius 2 is 1.79 bits per heavy atom. The molecule has 1 atom stereocenters. The van der Waals surface area contributed by atoms with Gasteiger partial charge < -0.3 is 0 Å². The van der Waals surface area contributed by atoms with E-state index in [0.29, 0.717) is 0 Å². The molecule has 19 heavy (non-hydrogen) atoms. The molecule has 0 aliphatic heterocycles. The van der Waals surface area contributed by atoms with Crippen molar-refractivity contribution in [1.82, 2.24) is 0 Å². The Hall–Kier alpha value is -1.62. The predicted molar refractivity (Wildman–Crippen MR) is 68.3 cm³/mol. The minimum atomic E-state index is -4.77. The molecule has 0 N–H and O–H groups in total.